The Morgan fingerprint density at radius 1 is 1.35 bits per heavy atom. The van der Waals surface area contributed by atoms with E-state index in [1.807, 2.05) is 13.0 Å². The number of hydrogen-bond donors (Lipinski definition) is 1. The van der Waals surface area contributed by atoms with Gasteiger partial charge in [0.25, 0.3) is 0 Å². The first-order valence-corrected chi connectivity index (χ1v) is 8.10. The quantitative estimate of drug-likeness (QED) is 0.865. The molecule has 0 bridgehead atoms. The Morgan fingerprint density at radius 2 is 2.00 bits per heavy atom. The monoisotopic (exact) mass is 342 g/mol. The van der Waals surface area contributed by atoms with Crippen LogP contribution in [0, 0.1) is 5.82 Å². The molecule has 1 N–H and O–H groups in total. The standard InChI is InChI=1S/C16H24BrFN2/c1-12(14-10-13(17)6-7-15(14)18)19-11-16(20(2)3)8-4-5-9-16/h6-7,10,12,19H,4-5,8-9,11H2,1-3H3. The van der Waals surface area contributed by atoms with Crippen LogP contribution in [0.3, 0.4) is 0 Å². The molecular weight excluding hydrogens is 319 g/mol. The van der Waals surface area contributed by atoms with Gasteiger partial charge in [-0.1, -0.05) is 28.8 Å². The third kappa shape index (κ3) is 3.41. The molecule has 1 atom stereocenters. The molecule has 0 saturated heterocycles. The maximum atomic E-state index is 13.9. The fourth-order valence-electron chi connectivity index (χ4n) is 3.11. The van der Waals surface area contributed by atoms with Crippen LogP contribution in [-0.2, 0) is 0 Å². The molecule has 0 radical (unpaired) electrons. The van der Waals surface area contributed by atoms with E-state index in [-0.39, 0.29) is 17.4 Å². The van der Waals surface area contributed by atoms with Gasteiger partial charge < -0.3 is 10.2 Å². The molecule has 1 aromatic carbocycles. The van der Waals surface area contributed by atoms with E-state index in [0.29, 0.717) is 0 Å². The number of nitrogens with one attached hydrogen (secondary N) is 1. The maximum absolute atomic E-state index is 13.9. The molecule has 0 heterocycles. The van der Waals surface area contributed by atoms with Crippen molar-refractivity contribution >= 4 is 15.9 Å². The molecule has 2 rings (SSSR count). The van der Waals surface area contributed by atoms with Crippen LogP contribution in [0.1, 0.15) is 44.2 Å². The smallest absolute Gasteiger partial charge is 0.128 e. The SMILES string of the molecule is CC(NCC1(N(C)C)CCCC1)c1cc(Br)ccc1F. The van der Waals surface area contributed by atoms with Crippen molar-refractivity contribution < 1.29 is 4.39 Å². The van der Waals surface area contributed by atoms with Crippen LogP contribution in [0.2, 0.25) is 0 Å². The summed E-state index contributed by atoms with van der Waals surface area (Å²) in [6.45, 7) is 2.94. The summed E-state index contributed by atoms with van der Waals surface area (Å²) >= 11 is 3.41. The Kier molecular flexibility index (Phi) is 5.21. The Labute approximate surface area is 129 Å². The highest BCUT2D eigenvalue weighted by molar-refractivity contribution is 9.10. The van der Waals surface area contributed by atoms with Gasteiger partial charge in [-0.2, -0.15) is 0 Å². The summed E-state index contributed by atoms with van der Waals surface area (Å²) in [6, 6.07) is 5.15. The molecule has 0 amide bonds. The second kappa shape index (κ2) is 6.54. The van der Waals surface area contributed by atoms with Gasteiger partial charge in [-0.25, -0.2) is 4.39 Å². The summed E-state index contributed by atoms with van der Waals surface area (Å²) in [5, 5.41) is 3.53. The Balaban J connectivity index is 2.04. The number of likely N-dealkylation sites (N-methyl/N-ethyl adjacent to an activating group) is 1. The third-order valence-electron chi connectivity index (χ3n) is 4.64. The summed E-state index contributed by atoms with van der Waals surface area (Å²) in [5.74, 6) is -0.140. The zero-order valence-electron chi connectivity index (χ0n) is 12.5. The lowest BCUT2D eigenvalue weighted by Crippen LogP contribution is -2.50. The fourth-order valence-corrected chi connectivity index (χ4v) is 3.49. The van der Waals surface area contributed by atoms with Gasteiger partial charge in [0.2, 0.25) is 0 Å². The number of halogens is 2. The first-order chi connectivity index (χ1) is 9.44. The van der Waals surface area contributed by atoms with E-state index in [1.165, 1.54) is 31.7 Å². The molecule has 1 fully saturated rings. The van der Waals surface area contributed by atoms with Gasteiger partial charge in [-0.3, -0.25) is 0 Å². The molecule has 20 heavy (non-hydrogen) atoms. The molecule has 1 aliphatic carbocycles. The molecule has 0 aliphatic heterocycles. The highest BCUT2D eigenvalue weighted by atomic mass is 79.9. The minimum Gasteiger partial charge on any atom is -0.308 e. The zero-order chi connectivity index (χ0) is 14.8. The molecule has 0 aromatic heterocycles. The molecule has 1 saturated carbocycles. The molecule has 4 heteroatoms. The minimum atomic E-state index is -0.140. The first kappa shape index (κ1) is 15.9. The Bertz CT molecular complexity index is 456. The predicted molar refractivity (Wildman–Crippen MR) is 85.4 cm³/mol. The fraction of sp³-hybridized carbons (Fsp3) is 0.625. The van der Waals surface area contributed by atoms with Crippen molar-refractivity contribution in [3.8, 4) is 0 Å². The zero-order valence-corrected chi connectivity index (χ0v) is 14.1. The van der Waals surface area contributed by atoms with E-state index in [4.69, 9.17) is 0 Å². The predicted octanol–water partition coefficient (Wildman–Crippen LogP) is 4.11. The summed E-state index contributed by atoms with van der Waals surface area (Å²) in [5.41, 5.74) is 0.961. The molecular formula is C16H24BrFN2. The van der Waals surface area contributed by atoms with Crippen molar-refractivity contribution in [3.05, 3.63) is 34.1 Å². The number of benzene rings is 1. The van der Waals surface area contributed by atoms with Crippen molar-refractivity contribution in [3.63, 3.8) is 0 Å². The largest absolute Gasteiger partial charge is 0.308 e. The molecule has 2 nitrogen and oxygen atoms in total. The minimum absolute atomic E-state index is 0.0184. The molecule has 1 aromatic rings. The van der Waals surface area contributed by atoms with Gasteiger partial charge in [-0.15, -0.1) is 0 Å². The van der Waals surface area contributed by atoms with Crippen molar-refractivity contribution in [2.45, 2.75) is 44.2 Å². The van der Waals surface area contributed by atoms with E-state index < -0.39 is 0 Å². The highest BCUT2D eigenvalue weighted by Gasteiger charge is 2.35. The first-order valence-electron chi connectivity index (χ1n) is 7.30. The topological polar surface area (TPSA) is 15.3 Å². The van der Waals surface area contributed by atoms with Crippen LogP contribution >= 0.6 is 15.9 Å². The van der Waals surface area contributed by atoms with Gasteiger partial charge >= 0.3 is 0 Å². The lowest BCUT2D eigenvalue weighted by molar-refractivity contribution is 0.150. The van der Waals surface area contributed by atoms with Crippen LogP contribution in [0.25, 0.3) is 0 Å². The molecule has 0 spiro atoms. The van der Waals surface area contributed by atoms with E-state index >= 15 is 0 Å². The summed E-state index contributed by atoms with van der Waals surface area (Å²) in [7, 11) is 4.30. The second-order valence-corrected chi connectivity index (χ2v) is 7.01. The van der Waals surface area contributed by atoms with Gasteiger partial charge in [0.05, 0.1) is 0 Å². The van der Waals surface area contributed by atoms with E-state index in [9.17, 15) is 4.39 Å². The lowest BCUT2D eigenvalue weighted by atomic mass is 9.95. The van der Waals surface area contributed by atoms with Gasteiger partial charge in [-0.05, 0) is 52.1 Å². The van der Waals surface area contributed by atoms with E-state index in [1.54, 1.807) is 6.07 Å². The number of nitrogens with zero attached hydrogens (tertiary/aromatic N) is 1. The maximum Gasteiger partial charge on any atom is 0.128 e. The summed E-state index contributed by atoms with van der Waals surface area (Å²) < 4.78 is 14.8. The average molecular weight is 343 g/mol. The third-order valence-corrected chi connectivity index (χ3v) is 5.14. The van der Waals surface area contributed by atoms with Gasteiger partial charge in [0.1, 0.15) is 5.82 Å². The normalized spacial score (nSPS) is 19.5. The van der Waals surface area contributed by atoms with Crippen molar-refractivity contribution in [1.29, 1.82) is 0 Å². The molecule has 112 valence electrons. The van der Waals surface area contributed by atoms with E-state index in [2.05, 4.69) is 40.2 Å². The van der Waals surface area contributed by atoms with Gasteiger partial charge in [0, 0.05) is 28.2 Å². The van der Waals surface area contributed by atoms with Crippen LogP contribution in [0.5, 0.6) is 0 Å². The number of rotatable bonds is 5. The van der Waals surface area contributed by atoms with Crippen LogP contribution < -0.4 is 5.32 Å². The van der Waals surface area contributed by atoms with Crippen molar-refractivity contribution in [2.24, 2.45) is 0 Å². The molecule has 1 unspecified atom stereocenters. The van der Waals surface area contributed by atoms with Crippen molar-refractivity contribution in [2.75, 3.05) is 20.6 Å². The summed E-state index contributed by atoms with van der Waals surface area (Å²) in [4.78, 5) is 2.33. The van der Waals surface area contributed by atoms with Crippen molar-refractivity contribution in [1.82, 2.24) is 10.2 Å². The second-order valence-electron chi connectivity index (χ2n) is 6.09. The van der Waals surface area contributed by atoms with Gasteiger partial charge in [0.15, 0.2) is 0 Å². The van der Waals surface area contributed by atoms with Crippen LogP contribution in [-0.4, -0.2) is 31.1 Å². The Morgan fingerprint density at radius 3 is 2.60 bits per heavy atom. The van der Waals surface area contributed by atoms with E-state index in [0.717, 1.165) is 16.6 Å². The van der Waals surface area contributed by atoms with Crippen LogP contribution in [0.4, 0.5) is 4.39 Å². The highest BCUT2D eigenvalue weighted by Crippen LogP contribution is 2.34. The lowest BCUT2D eigenvalue weighted by Gasteiger charge is -2.37. The van der Waals surface area contributed by atoms with Crippen LogP contribution in [0.15, 0.2) is 22.7 Å². The summed E-state index contributed by atoms with van der Waals surface area (Å²) in [6.07, 6.45) is 5.03. The molecule has 1 aliphatic rings. The number of hydrogen-bond acceptors (Lipinski definition) is 2. The Hall–Kier alpha value is -0.450. The average Bonchev–Trinajstić information content (AvgIpc) is 2.89.